The first-order valence-electron chi connectivity index (χ1n) is 5.77. The van der Waals surface area contributed by atoms with E-state index in [1.165, 1.54) is 22.1 Å². The molecule has 84 valence electrons. The Hall–Kier alpha value is -1.41. The molecule has 0 radical (unpaired) electrons. The molecule has 1 aromatic heterocycles. The smallest absolute Gasteiger partial charge is 0.0736 e. The van der Waals surface area contributed by atoms with E-state index in [9.17, 15) is 0 Å². The minimum absolute atomic E-state index is 0.737. The Morgan fingerprint density at radius 2 is 2.06 bits per heavy atom. The molecule has 0 spiro atoms. The Morgan fingerprint density at radius 1 is 1.25 bits per heavy atom. The van der Waals surface area contributed by atoms with Gasteiger partial charge in [0.25, 0.3) is 0 Å². The fourth-order valence-electron chi connectivity index (χ4n) is 2.10. The highest BCUT2D eigenvalue weighted by Gasteiger charge is 2.05. The molecule has 0 amide bonds. The zero-order valence-corrected chi connectivity index (χ0v) is 9.96. The zero-order chi connectivity index (χ0) is 11.5. The van der Waals surface area contributed by atoms with Crippen molar-refractivity contribution in [1.29, 1.82) is 0 Å². The van der Waals surface area contributed by atoms with Gasteiger partial charge in [0.2, 0.25) is 0 Å². The van der Waals surface area contributed by atoms with Gasteiger partial charge < -0.3 is 5.73 Å². The summed E-state index contributed by atoms with van der Waals surface area (Å²) in [7, 11) is 0. The fourth-order valence-corrected chi connectivity index (χ4v) is 2.10. The van der Waals surface area contributed by atoms with Crippen molar-refractivity contribution in [3.8, 4) is 0 Å². The summed E-state index contributed by atoms with van der Waals surface area (Å²) in [6, 6.07) is 6.50. The number of nitrogens with two attached hydrogens (primary N) is 1. The average molecular weight is 214 g/mol. The van der Waals surface area contributed by atoms with Crippen LogP contribution in [0.1, 0.15) is 23.1 Å². The van der Waals surface area contributed by atoms with Gasteiger partial charge in [-0.3, -0.25) is 4.98 Å². The second-order valence-electron chi connectivity index (χ2n) is 4.34. The number of nitrogens with zero attached hydrogens (tertiary/aromatic N) is 1. The molecule has 0 saturated heterocycles. The van der Waals surface area contributed by atoms with E-state index >= 15 is 0 Å². The van der Waals surface area contributed by atoms with Crippen LogP contribution >= 0.6 is 0 Å². The number of pyridine rings is 1. The number of aryl methyl sites for hydroxylation is 3. The normalized spacial score (nSPS) is 10.9. The van der Waals surface area contributed by atoms with Gasteiger partial charge >= 0.3 is 0 Å². The van der Waals surface area contributed by atoms with E-state index < -0.39 is 0 Å². The lowest BCUT2D eigenvalue weighted by molar-refractivity contribution is 0.835. The van der Waals surface area contributed by atoms with Gasteiger partial charge in [0.05, 0.1) is 5.52 Å². The maximum absolute atomic E-state index is 5.57. The maximum Gasteiger partial charge on any atom is 0.0736 e. The summed E-state index contributed by atoms with van der Waals surface area (Å²) >= 11 is 0. The van der Waals surface area contributed by atoms with Crippen molar-refractivity contribution in [2.75, 3.05) is 6.54 Å². The minimum atomic E-state index is 0.737. The molecule has 2 N–H and O–H groups in total. The maximum atomic E-state index is 5.57. The van der Waals surface area contributed by atoms with Crippen LogP contribution in [0.25, 0.3) is 10.9 Å². The highest BCUT2D eigenvalue weighted by atomic mass is 14.7. The van der Waals surface area contributed by atoms with Crippen LogP contribution in [0.5, 0.6) is 0 Å². The van der Waals surface area contributed by atoms with E-state index in [0.717, 1.165) is 24.9 Å². The summed E-state index contributed by atoms with van der Waals surface area (Å²) in [4.78, 5) is 4.50. The summed E-state index contributed by atoms with van der Waals surface area (Å²) in [6.45, 7) is 5.01. The molecule has 0 atom stereocenters. The molecule has 2 aromatic rings. The molecule has 2 rings (SSSR count). The Kier molecular flexibility index (Phi) is 3.20. The molecule has 0 aliphatic carbocycles. The molecule has 0 fully saturated rings. The van der Waals surface area contributed by atoms with Crippen LogP contribution in [-0.2, 0) is 6.42 Å². The van der Waals surface area contributed by atoms with Gasteiger partial charge in [-0.2, -0.15) is 0 Å². The highest BCUT2D eigenvalue weighted by molar-refractivity contribution is 5.85. The van der Waals surface area contributed by atoms with Crippen molar-refractivity contribution in [3.63, 3.8) is 0 Å². The van der Waals surface area contributed by atoms with Crippen molar-refractivity contribution in [2.45, 2.75) is 26.7 Å². The molecule has 0 aliphatic rings. The lowest BCUT2D eigenvalue weighted by atomic mass is 10.00. The number of fused-ring (bicyclic) bond motifs is 1. The first-order chi connectivity index (χ1) is 7.72. The van der Waals surface area contributed by atoms with Crippen molar-refractivity contribution in [2.24, 2.45) is 5.73 Å². The van der Waals surface area contributed by atoms with Crippen LogP contribution in [0, 0.1) is 13.8 Å². The zero-order valence-electron chi connectivity index (χ0n) is 9.96. The van der Waals surface area contributed by atoms with Crippen molar-refractivity contribution in [1.82, 2.24) is 4.98 Å². The third-order valence-electron chi connectivity index (χ3n) is 2.94. The van der Waals surface area contributed by atoms with E-state index in [-0.39, 0.29) is 0 Å². The topological polar surface area (TPSA) is 38.9 Å². The summed E-state index contributed by atoms with van der Waals surface area (Å²) < 4.78 is 0. The standard InChI is InChI=1S/C14H18N2/c1-10-8-12(4-3-6-15)14-13(9-10)11(2)5-7-16-14/h5,7-9H,3-4,6,15H2,1-2H3. The lowest BCUT2D eigenvalue weighted by Crippen LogP contribution is -2.01. The van der Waals surface area contributed by atoms with E-state index in [1.54, 1.807) is 0 Å². The predicted molar refractivity (Wildman–Crippen MR) is 68.6 cm³/mol. The molecular formula is C14H18N2. The third kappa shape index (κ3) is 2.07. The second-order valence-corrected chi connectivity index (χ2v) is 4.34. The Morgan fingerprint density at radius 3 is 2.81 bits per heavy atom. The van der Waals surface area contributed by atoms with Gasteiger partial charge in [0.1, 0.15) is 0 Å². The van der Waals surface area contributed by atoms with Gasteiger partial charge in [-0.05, 0) is 56.5 Å². The molecule has 0 aliphatic heterocycles. The molecule has 16 heavy (non-hydrogen) atoms. The van der Waals surface area contributed by atoms with E-state index in [2.05, 4.69) is 37.0 Å². The first-order valence-corrected chi connectivity index (χ1v) is 5.77. The van der Waals surface area contributed by atoms with Crippen LogP contribution in [0.3, 0.4) is 0 Å². The van der Waals surface area contributed by atoms with Crippen molar-refractivity contribution < 1.29 is 0 Å². The Balaban J connectivity index is 2.59. The van der Waals surface area contributed by atoms with Gasteiger partial charge in [-0.15, -0.1) is 0 Å². The summed E-state index contributed by atoms with van der Waals surface area (Å²) in [5.74, 6) is 0. The van der Waals surface area contributed by atoms with Crippen LogP contribution in [-0.4, -0.2) is 11.5 Å². The van der Waals surface area contributed by atoms with Crippen LogP contribution in [0.15, 0.2) is 24.4 Å². The van der Waals surface area contributed by atoms with Gasteiger partial charge in [0, 0.05) is 11.6 Å². The van der Waals surface area contributed by atoms with Crippen LogP contribution in [0.4, 0.5) is 0 Å². The molecule has 0 unspecified atom stereocenters. The number of rotatable bonds is 3. The van der Waals surface area contributed by atoms with Crippen molar-refractivity contribution in [3.05, 3.63) is 41.1 Å². The van der Waals surface area contributed by atoms with Gasteiger partial charge in [-0.25, -0.2) is 0 Å². The largest absolute Gasteiger partial charge is 0.330 e. The molecule has 0 bridgehead atoms. The van der Waals surface area contributed by atoms with Crippen LogP contribution < -0.4 is 5.73 Å². The highest BCUT2D eigenvalue weighted by Crippen LogP contribution is 2.22. The molecule has 1 heterocycles. The number of benzene rings is 1. The lowest BCUT2D eigenvalue weighted by Gasteiger charge is -2.08. The van der Waals surface area contributed by atoms with E-state index in [0.29, 0.717) is 0 Å². The molecular weight excluding hydrogens is 196 g/mol. The number of hydrogen-bond acceptors (Lipinski definition) is 2. The summed E-state index contributed by atoms with van der Waals surface area (Å²) in [6.07, 6.45) is 3.93. The minimum Gasteiger partial charge on any atom is -0.330 e. The quantitative estimate of drug-likeness (QED) is 0.853. The fraction of sp³-hybridized carbons (Fsp3) is 0.357. The van der Waals surface area contributed by atoms with E-state index in [1.807, 2.05) is 6.20 Å². The van der Waals surface area contributed by atoms with Crippen LogP contribution in [0.2, 0.25) is 0 Å². The first kappa shape index (κ1) is 11.1. The van der Waals surface area contributed by atoms with E-state index in [4.69, 9.17) is 5.73 Å². The molecule has 2 nitrogen and oxygen atoms in total. The van der Waals surface area contributed by atoms with Gasteiger partial charge in [0.15, 0.2) is 0 Å². The van der Waals surface area contributed by atoms with Gasteiger partial charge in [-0.1, -0.05) is 11.6 Å². The number of hydrogen-bond donors (Lipinski definition) is 1. The second kappa shape index (κ2) is 4.62. The summed E-state index contributed by atoms with van der Waals surface area (Å²) in [5, 5.41) is 1.27. The Labute approximate surface area is 96.5 Å². The van der Waals surface area contributed by atoms with Crippen molar-refractivity contribution >= 4 is 10.9 Å². The average Bonchev–Trinajstić information content (AvgIpc) is 2.27. The Bertz CT molecular complexity index is 503. The predicted octanol–water partition coefficient (Wildman–Crippen LogP) is 2.74. The summed E-state index contributed by atoms with van der Waals surface area (Å²) in [5.41, 5.74) is 10.6. The SMILES string of the molecule is Cc1cc(CCCN)c2nccc(C)c2c1. The monoisotopic (exact) mass is 214 g/mol. The molecule has 2 heteroatoms. The third-order valence-corrected chi connectivity index (χ3v) is 2.94. The molecule has 1 aromatic carbocycles. The molecule has 0 saturated carbocycles. The number of aromatic nitrogens is 1.